The number of carbonyl (C=O) groups excluding carboxylic acids is 1. The molecule has 1 unspecified atom stereocenters. The Bertz CT molecular complexity index is 965. The van der Waals surface area contributed by atoms with E-state index in [2.05, 4.69) is 15.5 Å². The predicted octanol–water partition coefficient (Wildman–Crippen LogP) is 2.81. The molecule has 0 radical (unpaired) electrons. The van der Waals surface area contributed by atoms with Crippen LogP contribution in [0, 0.1) is 0 Å². The molecular formula is C18H20N4O4S. The van der Waals surface area contributed by atoms with Gasteiger partial charge >= 0.3 is 5.97 Å². The van der Waals surface area contributed by atoms with E-state index in [9.17, 15) is 14.7 Å². The molecule has 3 heterocycles. The minimum atomic E-state index is -1.11. The topological polar surface area (TPSA) is 110 Å². The molecule has 0 fully saturated rings. The number of nitrogens with one attached hydrogen (secondary N) is 1. The van der Waals surface area contributed by atoms with Gasteiger partial charge in [-0.1, -0.05) is 13.0 Å². The van der Waals surface area contributed by atoms with Crippen molar-refractivity contribution in [2.75, 3.05) is 12.0 Å². The third kappa shape index (κ3) is 3.97. The number of hydrogen-bond acceptors (Lipinski definition) is 6. The largest absolute Gasteiger partial charge is 0.478 e. The number of furan rings is 1. The number of nitrogens with zero attached hydrogens (tertiary/aromatic N) is 3. The second kappa shape index (κ2) is 8.26. The molecule has 1 atom stereocenters. The summed E-state index contributed by atoms with van der Waals surface area (Å²) in [4.78, 5) is 24.0. The van der Waals surface area contributed by atoms with Crippen LogP contribution in [0.3, 0.4) is 0 Å². The molecule has 2 N–H and O–H groups in total. The number of aryl methyl sites for hydroxylation is 1. The Morgan fingerprint density at radius 3 is 2.85 bits per heavy atom. The van der Waals surface area contributed by atoms with Gasteiger partial charge in [0.2, 0.25) is 0 Å². The number of aromatic carboxylic acids is 1. The summed E-state index contributed by atoms with van der Waals surface area (Å²) >= 11 is 1.66. The molecule has 3 aromatic heterocycles. The zero-order chi connectivity index (χ0) is 19.4. The first kappa shape index (κ1) is 19.0. The molecule has 0 saturated carbocycles. The minimum absolute atomic E-state index is 0.0104. The quantitative estimate of drug-likeness (QED) is 0.610. The van der Waals surface area contributed by atoms with Gasteiger partial charge in [-0.3, -0.25) is 9.20 Å². The maximum Gasteiger partial charge on any atom is 0.339 e. The van der Waals surface area contributed by atoms with Crippen LogP contribution in [-0.2, 0) is 6.42 Å². The average Bonchev–Trinajstić information content (AvgIpc) is 3.29. The zero-order valence-electron chi connectivity index (χ0n) is 15.0. The number of carboxylic acids is 1. The molecule has 8 nitrogen and oxygen atoms in total. The van der Waals surface area contributed by atoms with Gasteiger partial charge in [-0.25, -0.2) is 4.79 Å². The van der Waals surface area contributed by atoms with Crippen LogP contribution in [0.4, 0.5) is 0 Å². The first-order chi connectivity index (χ1) is 13.0. The molecule has 1 amide bonds. The van der Waals surface area contributed by atoms with E-state index in [0.29, 0.717) is 24.3 Å². The molecule has 0 aliphatic carbocycles. The lowest BCUT2D eigenvalue weighted by Gasteiger charge is -2.16. The molecule has 9 heteroatoms. The lowest BCUT2D eigenvalue weighted by molar-refractivity contribution is 0.0694. The van der Waals surface area contributed by atoms with Gasteiger partial charge in [-0.05, 0) is 30.6 Å². The van der Waals surface area contributed by atoms with Crippen LogP contribution < -0.4 is 5.32 Å². The molecule has 0 aromatic carbocycles. The van der Waals surface area contributed by atoms with E-state index >= 15 is 0 Å². The number of carbonyl (C=O) groups is 2. The van der Waals surface area contributed by atoms with Crippen molar-refractivity contribution < 1.29 is 19.1 Å². The van der Waals surface area contributed by atoms with Crippen LogP contribution in [0.5, 0.6) is 0 Å². The van der Waals surface area contributed by atoms with Crippen molar-refractivity contribution in [2.24, 2.45) is 0 Å². The highest BCUT2D eigenvalue weighted by atomic mass is 32.2. The highest BCUT2D eigenvalue weighted by Gasteiger charge is 2.25. The van der Waals surface area contributed by atoms with Crippen molar-refractivity contribution in [3.8, 4) is 0 Å². The van der Waals surface area contributed by atoms with Crippen LogP contribution in [-0.4, -0.2) is 43.6 Å². The van der Waals surface area contributed by atoms with Gasteiger partial charge in [-0.2, -0.15) is 11.8 Å². The first-order valence-corrected chi connectivity index (χ1v) is 9.90. The Labute approximate surface area is 160 Å². The van der Waals surface area contributed by atoms with E-state index in [1.807, 2.05) is 35.1 Å². The standard InChI is InChI=1S/C18H20N4O4S/c1-3-13-11(18(24)25)10-14(26-13)17(23)19-12(7-9-27-2)16-21-20-15-6-4-5-8-22(15)16/h4-6,8,10,12H,3,7,9H2,1-2H3,(H,19,23)(H,24,25). The molecule has 27 heavy (non-hydrogen) atoms. The van der Waals surface area contributed by atoms with E-state index < -0.39 is 11.9 Å². The Kier molecular flexibility index (Phi) is 5.80. The SMILES string of the molecule is CCc1oc(C(=O)NC(CCSC)c2nnc3ccccn23)cc1C(=O)O. The second-order valence-electron chi connectivity index (χ2n) is 5.90. The molecule has 142 valence electrons. The van der Waals surface area contributed by atoms with Gasteiger partial charge in [0.15, 0.2) is 17.2 Å². The summed E-state index contributed by atoms with van der Waals surface area (Å²) in [5.74, 6) is 0.0982. The van der Waals surface area contributed by atoms with E-state index in [1.54, 1.807) is 18.7 Å². The number of pyridine rings is 1. The van der Waals surface area contributed by atoms with Crippen LogP contribution in [0.2, 0.25) is 0 Å². The Morgan fingerprint density at radius 2 is 2.19 bits per heavy atom. The van der Waals surface area contributed by atoms with E-state index in [4.69, 9.17) is 4.42 Å². The highest BCUT2D eigenvalue weighted by Crippen LogP contribution is 2.21. The third-order valence-electron chi connectivity index (χ3n) is 4.15. The number of rotatable bonds is 8. The smallest absolute Gasteiger partial charge is 0.339 e. The summed E-state index contributed by atoms with van der Waals surface area (Å²) in [5.41, 5.74) is 0.701. The van der Waals surface area contributed by atoms with Gasteiger partial charge in [-0.15, -0.1) is 10.2 Å². The lowest BCUT2D eigenvalue weighted by atomic mass is 10.2. The fourth-order valence-electron chi connectivity index (χ4n) is 2.81. The number of hydrogen-bond donors (Lipinski definition) is 2. The molecule has 0 saturated heterocycles. The van der Waals surface area contributed by atoms with Crippen molar-refractivity contribution in [2.45, 2.75) is 25.8 Å². The van der Waals surface area contributed by atoms with Crippen molar-refractivity contribution >= 4 is 29.3 Å². The molecular weight excluding hydrogens is 368 g/mol. The first-order valence-electron chi connectivity index (χ1n) is 8.50. The number of carboxylic acid groups (broad SMARTS) is 1. The Morgan fingerprint density at radius 1 is 1.37 bits per heavy atom. The predicted molar refractivity (Wildman–Crippen MR) is 101 cm³/mol. The van der Waals surface area contributed by atoms with Crippen LogP contribution in [0.25, 0.3) is 5.65 Å². The van der Waals surface area contributed by atoms with E-state index in [1.165, 1.54) is 6.07 Å². The number of amides is 1. The van der Waals surface area contributed by atoms with Gasteiger partial charge in [0, 0.05) is 18.7 Å². The third-order valence-corrected chi connectivity index (χ3v) is 4.80. The maximum atomic E-state index is 12.7. The van der Waals surface area contributed by atoms with Crippen molar-refractivity contribution in [3.05, 3.63) is 53.4 Å². The minimum Gasteiger partial charge on any atom is -0.478 e. The van der Waals surface area contributed by atoms with Crippen molar-refractivity contribution in [1.82, 2.24) is 19.9 Å². The second-order valence-corrected chi connectivity index (χ2v) is 6.89. The zero-order valence-corrected chi connectivity index (χ0v) is 15.8. The van der Waals surface area contributed by atoms with Crippen LogP contribution in [0.15, 0.2) is 34.9 Å². The summed E-state index contributed by atoms with van der Waals surface area (Å²) in [5, 5.41) is 20.5. The normalized spacial score (nSPS) is 12.2. The fraction of sp³-hybridized carbons (Fsp3) is 0.333. The Balaban J connectivity index is 1.88. The molecule has 0 aliphatic rings. The molecule has 3 aromatic rings. The highest BCUT2D eigenvalue weighted by molar-refractivity contribution is 7.98. The van der Waals surface area contributed by atoms with Crippen molar-refractivity contribution in [1.29, 1.82) is 0 Å². The van der Waals surface area contributed by atoms with Gasteiger partial charge in [0.1, 0.15) is 11.3 Å². The Hall–Kier alpha value is -2.81. The van der Waals surface area contributed by atoms with Crippen molar-refractivity contribution in [3.63, 3.8) is 0 Å². The summed E-state index contributed by atoms with van der Waals surface area (Å²) < 4.78 is 7.28. The maximum absolute atomic E-state index is 12.7. The number of aromatic nitrogens is 3. The lowest BCUT2D eigenvalue weighted by Crippen LogP contribution is -2.30. The summed E-state index contributed by atoms with van der Waals surface area (Å²) in [6.07, 6.45) is 4.86. The monoisotopic (exact) mass is 388 g/mol. The molecule has 0 bridgehead atoms. The van der Waals surface area contributed by atoms with Crippen LogP contribution >= 0.6 is 11.8 Å². The van der Waals surface area contributed by atoms with Gasteiger partial charge < -0.3 is 14.8 Å². The number of fused-ring (bicyclic) bond motifs is 1. The average molecular weight is 388 g/mol. The summed E-state index contributed by atoms with van der Waals surface area (Å²) in [7, 11) is 0. The van der Waals surface area contributed by atoms with Gasteiger partial charge in [0.25, 0.3) is 5.91 Å². The summed E-state index contributed by atoms with van der Waals surface area (Å²) in [6.45, 7) is 1.77. The summed E-state index contributed by atoms with van der Waals surface area (Å²) in [6, 6.07) is 6.46. The van der Waals surface area contributed by atoms with Gasteiger partial charge in [0.05, 0.1) is 6.04 Å². The van der Waals surface area contributed by atoms with Crippen LogP contribution in [0.1, 0.15) is 51.9 Å². The molecule has 3 rings (SSSR count). The van der Waals surface area contributed by atoms with E-state index in [-0.39, 0.29) is 23.1 Å². The molecule has 0 spiro atoms. The fourth-order valence-corrected chi connectivity index (χ4v) is 3.28. The molecule has 0 aliphatic heterocycles. The number of thioether (sulfide) groups is 1. The van der Waals surface area contributed by atoms with E-state index in [0.717, 1.165) is 5.75 Å².